The number of likely N-dealkylation sites (tertiary alicyclic amines) is 1. The molecular formula is C13H22N4O2. The minimum Gasteiger partial charge on any atom is -0.444 e. The Kier molecular flexibility index (Phi) is 3.63. The van der Waals surface area contributed by atoms with Gasteiger partial charge in [-0.15, -0.1) is 0 Å². The Morgan fingerprint density at radius 3 is 2.37 bits per heavy atom. The van der Waals surface area contributed by atoms with E-state index in [0.717, 1.165) is 25.7 Å². The lowest BCUT2D eigenvalue weighted by Gasteiger charge is -2.35. The zero-order valence-corrected chi connectivity index (χ0v) is 11.9. The molecule has 2 fully saturated rings. The summed E-state index contributed by atoms with van der Waals surface area (Å²) in [6, 6.07) is 0. The smallest absolute Gasteiger partial charge is 0.410 e. The van der Waals surface area contributed by atoms with E-state index < -0.39 is 5.60 Å². The summed E-state index contributed by atoms with van der Waals surface area (Å²) in [6.07, 6.45) is 3.55. The Balaban J connectivity index is 1.86. The average molecular weight is 266 g/mol. The molecule has 19 heavy (non-hydrogen) atoms. The van der Waals surface area contributed by atoms with Crippen LogP contribution in [0.25, 0.3) is 10.4 Å². The van der Waals surface area contributed by atoms with Gasteiger partial charge in [-0.2, -0.15) is 0 Å². The Morgan fingerprint density at radius 2 is 1.95 bits per heavy atom. The van der Waals surface area contributed by atoms with Crippen molar-refractivity contribution < 1.29 is 9.53 Å². The molecule has 0 atom stereocenters. The molecule has 0 N–H and O–H groups in total. The fourth-order valence-electron chi connectivity index (χ4n) is 2.73. The van der Waals surface area contributed by atoms with Gasteiger partial charge >= 0.3 is 6.09 Å². The molecule has 0 radical (unpaired) electrons. The summed E-state index contributed by atoms with van der Waals surface area (Å²) in [4.78, 5) is 16.7. The predicted molar refractivity (Wildman–Crippen MR) is 71.6 cm³/mol. The summed E-state index contributed by atoms with van der Waals surface area (Å²) in [5.74, 6) is 0.419. The van der Waals surface area contributed by atoms with Crippen molar-refractivity contribution in [2.75, 3.05) is 13.1 Å². The summed E-state index contributed by atoms with van der Waals surface area (Å²) in [5, 5.41) is 3.97. The largest absolute Gasteiger partial charge is 0.444 e. The predicted octanol–water partition coefficient (Wildman–Crippen LogP) is 3.48. The van der Waals surface area contributed by atoms with Crippen LogP contribution < -0.4 is 0 Å². The molecule has 1 heterocycles. The SMILES string of the molecule is CC(C)(C)OC(=O)N1CCC(C2(N=[N+]=[N-])CC2)CC1. The minimum absolute atomic E-state index is 0.144. The summed E-state index contributed by atoms with van der Waals surface area (Å²) < 4.78 is 5.37. The highest BCUT2D eigenvalue weighted by atomic mass is 16.6. The first-order valence-electron chi connectivity index (χ1n) is 6.90. The van der Waals surface area contributed by atoms with Gasteiger partial charge in [-0.3, -0.25) is 0 Å². The molecule has 0 aromatic heterocycles. The zero-order valence-electron chi connectivity index (χ0n) is 11.9. The first kappa shape index (κ1) is 14.0. The second-order valence-electron chi connectivity index (χ2n) is 6.53. The van der Waals surface area contributed by atoms with Gasteiger partial charge in [-0.1, -0.05) is 5.11 Å². The molecule has 0 aromatic rings. The van der Waals surface area contributed by atoms with Gasteiger partial charge in [0.2, 0.25) is 0 Å². The Morgan fingerprint density at radius 1 is 1.37 bits per heavy atom. The monoisotopic (exact) mass is 266 g/mol. The van der Waals surface area contributed by atoms with Crippen molar-refractivity contribution in [2.24, 2.45) is 11.0 Å². The number of hydrogen-bond donors (Lipinski definition) is 0. The van der Waals surface area contributed by atoms with E-state index in [1.54, 1.807) is 4.90 Å². The van der Waals surface area contributed by atoms with E-state index in [-0.39, 0.29) is 11.6 Å². The molecular weight excluding hydrogens is 244 g/mol. The molecule has 1 amide bonds. The van der Waals surface area contributed by atoms with Crippen LogP contribution in [0.15, 0.2) is 5.11 Å². The fraction of sp³-hybridized carbons (Fsp3) is 0.923. The number of nitrogens with zero attached hydrogens (tertiary/aromatic N) is 4. The van der Waals surface area contributed by atoms with Gasteiger partial charge in [0, 0.05) is 18.0 Å². The molecule has 0 spiro atoms. The number of piperidine rings is 1. The van der Waals surface area contributed by atoms with Crippen molar-refractivity contribution in [2.45, 2.75) is 57.6 Å². The zero-order chi connectivity index (χ0) is 14.1. The lowest BCUT2D eigenvalue weighted by Crippen LogP contribution is -2.43. The summed E-state index contributed by atoms with van der Waals surface area (Å²) in [6.45, 7) is 7.01. The first-order chi connectivity index (χ1) is 8.86. The quantitative estimate of drug-likeness (QED) is 0.435. The van der Waals surface area contributed by atoms with Crippen LogP contribution in [-0.2, 0) is 4.74 Å². The maximum absolute atomic E-state index is 11.9. The van der Waals surface area contributed by atoms with E-state index in [1.807, 2.05) is 20.8 Å². The number of amides is 1. The average Bonchev–Trinajstić information content (AvgIpc) is 3.09. The van der Waals surface area contributed by atoms with Gasteiger partial charge < -0.3 is 9.64 Å². The highest BCUT2D eigenvalue weighted by Gasteiger charge is 2.49. The molecule has 1 saturated carbocycles. The summed E-state index contributed by atoms with van der Waals surface area (Å²) >= 11 is 0. The van der Waals surface area contributed by atoms with E-state index in [1.165, 1.54) is 0 Å². The van der Waals surface area contributed by atoms with Crippen molar-refractivity contribution in [1.29, 1.82) is 0 Å². The van der Waals surface area contributed by atoms with E-state index in [0.29, 0.717) is 19.0 Å². The third kappa shape index (κ3) is 3.32. The van der Waals surface area contributed by atoms with Crippen molar-refractivity contribution in [1.82, 2.24) is 4.90 Å². The van der Waals surface area contributed by atoms with Crippen molar-refractivity contribution in [3.8, 4) is 0 Å². The highest BCUT2D eigenvalue weighted by Crippen LogP contribution is 2.50. The molecule has 2 rings (SSSR count). The van der Waals surface area contributed by atoms with E-state index in [2.05, 4.69) is 10.0 Å². The number of azide groups is 1. The third-order valence-corrected chi connectivity index (χ3v) is 3.91. The standard InChI is InChI=1S/C13H22N4O2/c1-12(2,3)19-11(18)17-8-4-10(5-9-17)13(6-7-13)15-16-14/h10H,4-9H2,1-3H3. The van der Waals surface area contributed by atoms with Crippen LogP contribution >= 0.6 is 0 Å². The van der Waals surface area contributed by atoms with Gasteiger partial charge in [0.15, 0.2) is 0 Å². The van der Waals surface area contributed by atoms with Crippen molar-refractivity contribution in [3.05, 3.63) is 10.4 Å². The van der Waals surface area contributed by atoms with Crippen molar-refractivity contribution in [3.63, 3.8) is 0 Å². The van der Waals surface area contributed by atoms with Gasteiger partial charge in [0.1, 0.15) is 5.60 Å². The molecule has 2 aliphatic rings. The molecule has 6 heteroatoms. The van der Waals surface area contributed by atoms with Crippen LogP contribution in [0.2, 0.25) is 0 Å². The van der Waals surface area contributed by atoms with E-state index in [4.69, 9.17) is 10.3 Å². The first-order valence-corrected chi connectivity index (χ1v) is 6.90. The van der Waals surface area contributed by atoms with Gasteiger partial charge in [0.25, 0.3) is 0 Å². The Labute approximate surface area is 113 Å². The molecule has 0 unspecified atom stereocenters. The second kappa shape index (κ2) is 4.93. The number of ether oxygens (including phenoxy) is 1. The van der Waals surface area contributed by atoms with Crippen LogP contribution in [0.5, 0.6) is 0 Å². The third-order valence-electron chi connectivity index (χ3n) is 3.91. The molecule has 6 nitrogen and oxygen atoms in total. The topological polar surface area (TPSA) is 78.3 Å². The summed E-state index contributed by atoms with van der Waals surface area (Å²) in [7, 11) is 0. The van der Waals surface area contributed by atoms with E-state index >= 15 is 0 Å². The maximum Gasteiger partial charge on any atom is 0.410 e. The van der Waals surface area contributed by atoms with Crippen LogP contribution in [0, 0.1) is 5.92 Å². The van der Waals surface area contributed by atoms with Crippen LogP contribution in [0.1, 0.15) is 46.5 Å². The number of carbonyl (C=O) groups excluding carboxylic acids is 1. The molecule has 0 bridgehead atoms. The molecule has 1 saturated heterocycles. The van der Waals surface area contributed by atoms with Gasteiger partial charge in [-0.05, 0) is 57.9 Å². The molecule has 0 aromatic carbocycles. The lowest BCUT2D eigenvalue weighted by molar-refractivity contribution is 0.0170. The number of carbonyl (C=O) groups is 1. The highest BCUT2D eigenvalue weighted by molar-refractivity contribution is 5.68. The molecule has 1 aliphatic carbocycles. The van der Waals surface area contributed by atoms with Gasteiger partial charge in [-0.25, -0.2) is 4.79 Å². The number of rotatable bonds is 2. The minimum atomic E-state index is -0.448. The van der Waals surface area contributed by atoms with E-state index in [9.17, 15) is 4.79 Å². The van der Waals surface area contributed by atoms with Crippen LogP contribution in [0.4, 0.5) is 4.79 Å². The van der Waals surface area contributed by atoms with Gasteiger partial charge in [0.05, 0.1) is 5.54 Å². The Bertz CT molecular complexity index is 397. The second-order valence-corrected chi connectivity index (χ2v) is 6.53. The van der Waals surface area contributed by atoms with Crippen LogP contribution in [0.3, 0.4) is 0 Å². The fourth-order valence-corrected chi connectivity index (χ4v) is 2.73. The molecule has 106 valence electrons. The lowest BCUT2D eigenvalue weighted by atomic mass is 9.88. The maximum atomic E-state index is 11.9. The Hall–Kier alpha value is -1.42. The normalized spacial score (nSPS) is 22.6. The molecule has 1 aliphatic heterocycles. The number of hydrogen-bond acceptors (Lipinski definition) is 3. The summed E-state index contributed by atoms with van der Waals surface area (Å²) in [5.41, 5.74) is 8.02. The van der Waals surface area contributed by atoms with Crippen LogP contribution in [-0.4, -0.2) is 35.2 Å². The van der Waals surface area contributed by atoms with Crippen molar-refractivity contribution >= 4 is 6.09 Å².